The average Bonchev–Trinajstić information content (AvgIpc) is 2.34. The molecule has 4 heteroatoms. The molecule has 2 heterocycles. The minimum absolute atomic E-state index is 0. The fourth-order valence-electron chi connectivity index (χ4n) is 0.904. The summed E-state index contributed by atoms with van der Waals surface area (Å²) in [5.41, 5.74) is 1.96. The van der Waals surface area contributed by atoms with Crippen LogP contribution in [-0.4, -0.2) is 14.8 Å². The molecule has 2 aromatic heterocycles. The van der Waals surface area contributed by atoms with Gasteiger partial charge in [0.2, 0.25) is 0 Å². The fraction of sp³-hybridized carbons (Fsp3) is 0.143. The zero-order valence-electron chi connectivity index (χ0n) is 6.57. The van der Waals surface area contributed by atoms with Crippen molar-refractivity contribution in [2.75, 3.05) is 0 Å². The molecule has 0 spiro atoms. The van der Waals surface area contributed by atoms with Gasteiger partial charge in [0.05, 0.1) is 0 Å². The first-order chi connectivity index (χ1) is 4.88. The summed E-state index contributed by atoms with van der Waals surface area (Å²) in [6, 6.07) is 5.69. The zero-order valence-corrected chi connectivity index (χ0v) is 6.57. The molecule has 3 nitrogen and oxygen atoms in total. The van der Waals surface area contributed by atoms with Gasteiger partial charge in [-0.3, -0.25) is 0 Å². The van der Waals surface area contributed by atoms with Crippen LogP contribution in [0.15, 0.2) is 18.2 Å². The van der Waals surface area contributed by atoms with Crippen LogP contribution >= 0.6 is 0 Å². The molecule has 0 aliphatic carbocycles. The van der Waals surface area contributed by atoms with Gasteiger partial charge < -0.3 is 4.52 Å². The number of aryl methyl sites for hydroxylation is 1. The van der Waals surface area contributed by atoms with E-state index in [9.17, 15) is 0 Å². The Labute approximate surface area is 76.6 Å². The van der Waals surface area contributed by atoms with E-state index in [1.807, 2.05) is 19.1 Å². The van der Waals surface area contributed by atoms with E-state index in [4.69, 9.17) is 0 Å². The molecule has 11 heavy (non-hydrogen) atoms. The van der Waals surface area contributed by atoms with Crippen molar-refractivity contribution in [2.24, 2.45) is 0 Å². The molecule has 0 saturated heterocycles. The SMILES string of the molecule is Cc1nnn2[c-]cccc12.[Li+]. The van der Waals surface area contributed by atoms with Gasteiger partial charge >= 0.3 is 18.9 Å². The van der Waals surface area contributed by atoms with Crippen molar-refractivity contribution < 1.29 is 18.9 Å². The number of fused-ring (bicyclic) bond motifs is 1. The van der Waals surface area contributed by atoms with Gasteiger partial charge in [0.1, 0.15) is 0 Å². The summed E-state index contributed by atoms with van der Waals surface area (Å²) in [6.07, 6.45) is 2.91. The van der Waals surface area contributed by atoms with Crippen molar-refractivity contribution >= 4 is 5.52 Å². The number of pyridine rings is 1. The summed E-state index contributed by atoms with van der Waals surface area (Å²) < 4.78 is 1.63. The first-order valence-corrected chi connectivity index (χ1v) is 3.06. The van der Waals surface area contributed by atoms with Crippen LogP contribution in [0.1, 0.15) is 5.69 Å². The maximum absolute atomic E-state index is 3.88. The van der Waals surface area contributed by atoms with Crippen molar-refractivity contribution in [3.63, 3.8) is 0 Å². The Morgan fingerprint density at radius 2 is 2.36 bits per heavy atom. The second-order valence-corrected chi connectivity index (χ2v) is 2.13. The first-order valence-electron chi connectivity index (χ1n) is 3.06. The van der Waals surface area contributed by atoms with Gasteiger partial charge in [-0.15, -0.1) is 6.07 Å². The van der Waals surface area contributed by atoms with Crippen LogP contribution in [0.2, 0.25) is 0 Å². The van der Waals surface area contributed by atoms with Crippen molar-refractivity contribution in [1.29, 1.82) is 0 Å². The number of aromatic nitrogens is 3. The number of hydrogen-bond donors (Lipinski definition) is 0. The number of hydrogen-bond acceptors (Lipinski definition) is 2. The third-order valence-electron chi connectivity index (χ3n) is 1.43. The molecule has 0 fully saturated rings. The van der Waals surface area contributed by atoms with E-state index in [1.54, 1.807) is 10.6 Å². The summed E-state index contributed by atoms with van der Waals surface area (Å²) >= 11 is 0. The normalized spacial score (nSPS) is 9.55. The average molecular weight is 139 g/mol. The summed E-state index contributed by atoms with van der Waals surface area (Å²) in [5, 5.41) is 7.71. The minimum Gasteiger partial charge on any atom is -0.328 e. The van der Waals surface area contributed by atoms with Gasteiger partial charge in [0.25, 0.3) is 0 Å². The summed E-state index contributed by atoms with van der Waals surface area (Å²) in [5.74, 6) is 0. The Kier molecular flexibility index (Phi) is 2.33. The molecule has 0 atom stereocenters. The fourth-order valence-corrected chi connectivity index (χ4v) is 0.904. The molecule has 0 aliphatic heterocycles. The van der Waals surface area contributed by atoms with Crippen LogP contribution in [0.4, 0.5) is 0 Å². The van der Waals surface area contributed by atoms with E-state index in [2.05, 4.69) is 16.5 Å². The smallest absolute Gasteiger partial charge is 0.328 e. The van der Waals surface area contributed by atoms with Crippen molar-refractivity contribution in [3.8, 4) is 0 Å². The molecule has 50 valence electrons. The Morgan fingerprint density at radius 1 is 1.55 bits per heavy atom. The van der Waals surface area contributed by atoms with Crippen LogP contribution in [0.3, 0.4) is 0 Å². The summed E-state index contributed by atoms with van der Waals surface area (Å²) in [4.78, 5) is 0. The van der Waals surface area contributed by atoms with Crippen LogP contribution in [0.5, 0.6) is 0 Å². The minimum atomic E-state index is 0. The molecule has 0 aliphatic rings. The molecule has 0 saturated carbocycles. The molecule has 0 amide bonds. The van der Waals surface area contributed by atoms with Gasteiger partial charge in [-0.2, -0.15) is 17.2 Å². The largest absolute Gasteiger partial charge is 1.00 e. The standard InChI is InChI=1S/C7H6N3.Li/c1-6-7-4-2-3-5-10(7)9-8-6;/h2-4H,1H3;/q-1;+1. The Morgan fingerprint density at radius 3 is 3.09 bits per heavy atom. The molecule has 0 aromatic carbocycles. The van der Waals surface area contributed by atoms with E-state index in [1.165, 1.54) is 0 Å². The van der Waals surface area contributed by atoms with E-state index in [-0.39, 0.29) is 18.9 Å². The van der Waals surface area contributed by atoms with E-state index < -0.39 is 0 Å². The maximum Gasteiger partial charge on any atom is 1.00 e. The molecule has 0 unspecified atom stereocenters. The van der Waals surface area contributed by atoms with E-state index >= 15 is 0 Å². The van der Waals surface area contributed by atoms with Crippen LogP contribution in [-0.2, 0) is 0 Å². The monoisotopic (exact) mass is 139 g/mol. The van der Waals surface area contributed by atoms with Crippen LogP contribution < -0.4 is 18.9 Å². The molecular formula is C7H6LiN3. The Bertz CT molecular complexity index is 355. The van der Waals surface area contributed by atoms with E-state index in [0.29, 0.717) is 0 Å². The molecule has 0 N–H and O–H groups in total. The van der Waals surface area contributed by atoms with Crippen molar-refractivity contribution in [3.05, 3.63) is 30.1 Å². The van der Waals surface area contributed by atoms with Gasteiger partial charge in [-0.05, 0) is 12.4 Å². The van der Waals surface area contributed by atoms with Crippen molar-refractivity contribution in [2.45, 2.75) is 6.92 Å². The van der Waals surface area contributed by atoms with Crippen LogP contribution in [0.25, 0.3) is 5.52 Å². The third kappa shape index (κ3) is 1.30. The Hall–Kier alpha value is -0.783. The Balaban J connectivity index is 0.000000605. The van der Waals surface area contributed by atoms with Crippen molar-refractivity contribution in [1.82, 2.24) is 14.8 Å². The van der Waals surface area contributed by atoms with Gasteiger partial charge in [-0.25, -0.2) is 0 Å². The second-order valence-electron chi connectivity index (χ2n) is 2.13. The van der Waals surface area contributed by atoms with E-state index in [0.717, 1.165) is 11.2 Å². The first kappa shape index (κ1) is 8.32. The summed E-state index contributed by atoms with van der Waals surface area (Å²) in [7, 11) is 0. The maximum atomic E-state index is 3.88. The predicted molar refractivity (Wildman–Crippen MR) is 36.6 cm³/mol. The number of rotatable bonds is 0. The second kappa shape index (κ2) is 3.08. The third-order valence-corrected chi connectivity index (χ3v) is 1.43. The molecule has 2 rings (SSSR count). The molecule has 0 radical (unpaired) electrons. The number of nitrogens with zero attached hydrogens (tertiary/aromatic N) is 3. The molecule has 2 aromatic rings. The van der Waals surface area contributed by atoms with Gasteiger partial charge in [0, 0.05) is 5.69 Å². The molecule has 0 bridgehead atoms. The summed E-state index contributed by atoms with van der Waals surface area (Å²) in [6.45, 7) is 1.93. The van der Waals surface area contributed by atoms with Crippen LogP contribution in [0, 0.1) is 13.1 Å². The van der Waals surface area contributed by atoms with Gasteiger partial charge in [-0.1, -0.05) is 11.4 Å². The quantitative estimate of drug-likeness (QED) is 0.307. The zero-order chi connectivity index (χ0) is 6.97. The predicted octanol–water partition coefficient (Wildman–Crippen LogP) is -2.16. The molecular weight excluding hydrogens is 133 g/mol. The van der Waals surface area contributed by atoms with Gasteiger partial charge in [0.15, 0.2) is 0 Å². The topological polar surface area (TPSA) is 30.2 Å².